The minimum atomic E-state index is 0.318. The van der Waals surface area contributed by atoms with Gasteiger partial charge in [0.05, 0.1) is 12.8 Å². The summed E-state index contributed by atoms with van der Waals surface area (Å²) in [5.74, 6) is 2.19. The molecule has 1 aromatic heterocycles. The molecule has 1 aliphatic carbocycles. The molecule has 4 nitrogen and oxygen atoms in total. The Labute approximate surface area is 112 Å². The maximum atomic E-state index is 5.82. The van der Waals surface area contributed by atoms with Crippen molar-refractivity contribution in [2.45, 2.75) is 24.8 Å². The molecule has 0 bridgehead atoms. The van der Waals surface area contributed by atoms with E-state index in [9.17, 15) is 0 Å². The molecular formula is C15H17N3O. The molecule has 0 saturated heterocycles. The molecule has 3 rings (SSSR count). The molecule has 1 saturated carbocycles. The summed E-state index contributed by atoms with van der Waals surface area (Å²) in [5.41, 5.74) is 7.85. The Hall–Kier alpha value is -1.94. The van der Waals surface area contributed by atoms with Gasteiger partial charge in [0, 0.05) is 23.7 Å². The SMILES string of the molecule is COc1ccc(-c2ccnc(C3CC(N)C3)n2)cc1. The molecule has 1 aliphatic rings. The van der Waals surface area contributed by atoms with Gasteiger partial charge in [-0.15, -0.1) is 0 Å². The third-order valence-corrected chi connectivity index (χ3v) is 3.60. The van der Waals surface area contributed by atoms with Crippen LogP contribution in [0.15, 0.2) is 36.5 Å². The Balaban J connectivity index is 1.85. The summed E-state index contributed by atoms with van der Waals surface area (Å²) in [4.78, 5) is 9.01. The molecule has 4 heteroatoms. The van der Waals surface area contributed by atoms with Crippen LogP contribution in [0.4, 0.5) is 0 Å². The third-order valence-electron chi connectivity index (χ3n) is 3.60. The predicted molar refractivity (Wildman–Crippen MR) is 74.0 cm³/mol. The lowest BCUT2D eigenvalue weighted by molar-refractivity contribution is 0.338. The lowest BCUT2D eigenvalue weighted by atomic mass is 9.80. The van der Waals surface area contributed by atoms with Gasteiger partial charge in [0.1, 0.15) is 11.6 Å². The Bertz CT molecular complexity index is 562. The van der Waals surface area contributed by atoms with Crippen molar-refractivity contribution in [3.8, 4) is 17.0 Å². The summed E-state index contributed by atoms with van der Waals surface area (Å²) >= 11 is 0. The Morgan fingerprint density at radius 2 is 1.89 bits per heavy atom. The summed E-state index contributed by atoms with van der Waals surface area (Å²) < 4.78 is 5.16. The van der Waals surface area contributed by atoms with Gasteiger partial charge < -0.3 is 10.5 Å². The van der Waals surface area contributed by atoms with E-state index in [4.69, 9.17) is 10.5 Å². The fraction of sp³-hybridized carbons (Fsp3) is 0.333. The van der Waals surface area contributed by atoms with Crippen LogP contribution in [0.25, 0.3) is 11.3 Å². The predicted octanol–water partition coefficient (Wildman–Crippen LogP) is 2.36. The monoisotopic (exact) mass is 255 g/mol. The number of methoxy groups -OCH3 is 1. The number of hydrogen-bond donors (Lipinski definition) is 1. The Morgan fingerprint density at radius 3 is 2.53 bits per heavy atom. The minimum Gasteiger partial charge on any atom is -0.497 e. The smallest absolute Gasteiger partial charge is 0.132 e. The molecule has 98 valence electrons. The van der Waals surface area contributed by atoms with Gasteiger partial charge in [-0.2, -0.15) is 0 Å². The third kappa shape index (κ3) is 2.44. The lowest BCUT2D eigenvalue weighted by Gasteiger charge is -2.31. The van der Waals surface area contributed by atoms with E-state index in [1.54, 1.807) is 7.11 Å². The molecule has 0 aliphatic heterocycles. The van der Waals surface area contributed by atoms with Crippen molar-refractivity contribution in [2.75, 3.05) is 7.11 Å². The number of aromatic nitrogens is 2. The molecule has 2 N–H and O–H groups in total. The highest BCUT2D eigenvalue weighted by atomic mass is 16.5. The number of nitrogens with zero attached hydrogens (tertiary/aromatic N) is 2. The first-order chi connectivity index (χ1) is 9.26. The summed E-state index contributed by atoms with van der Waals surface area (Å²) in [6, 6.07) is 10.2. The Morgan fingerprint density at radius 1 is 1.16 bits per heavy atom. The zero-order valence-corrected chi connectivity index (χ0v) is 10.9. The van der Waals surface area contributed by atoms with Crippen LogP contribution < -0.4 is 10.5 Å². The first kappa shape index (κ1) is 12.1. The summed E-state index contributed by atoms with van der Waals surface area (Å²) in [7, 11) is 1.66. The number of hydrogen-bond acceptors (Lipinski definition) is 4. The van der Waals surface area contributed by atoms with Crippen molar-refractivity contribution in [2.24, 2.45) is 5.73 Å². The van der Waals surface area contributed by atoms with Gasteiger partial charge in [-0.25, -0.2) is 9.97 Å². The normalized spacial score (nSPS) is 21.8. The van der Waals surface area contributed by atoms with Crippen LogP contribution >= 0.6 is 0 Å². The molecular weight excluding hydrogens is 238 g/mol. The standard InChI is InChI=1S/C15H17N3O/c1-19-13-4-2-10(3-5-13)14-6-7-17-15(18-14)11-8-12(16)9-11/h2-7,11-12H,8-9,16H2,1H3. The van der Waals surface area contributed by atoms with Gasteiger partial charge in [0.15, 0.2) is 0 Å². The van der Waals surface area contributed by atoms with Crippen LogP contribution in [-0.4, -0.2) is 23.1 Å². The van der Waals surface area contributed by atoms with E-state index in [2.05, 4.69) is 9.97 Å². The minimum absolute atomic E-state index is 0.318. The molecule has 1 fully saturated rings. The van der Waals surface area contributed by atoms with Crippen molar-refractivity contribution < 1.29 is 4.74 Å². The van der Waals surface area contributed by atoms with Gasteiger partial charge in [0.2, 0.25) is 0 Å². The van der Waals surface area contributed by atoms with Crippen LogP contribution in [0, 0.1) is 0 Å². The first-order valence-electron chi connectivity index (χ1n) is 6.49. The van der Waals surface area contributed by atoms with Crippen LogP contribution in [0.2, 0.25) is 0 Å². The van der Waals surface area contributed by atoms with Gasteiger partial charge >= 0.3 is 0 Å². The van der Waals surface area contributed by atoms with E-state index >= 15 is 0 Å². The molecule has 0 amide bonds. The van der Waals surface area contributed by atoms with Crippen molar-refractivity contribution in [3.63, 3.8) is 0 Å². The average molecular weight is 255 g/mol. The number of ether oxygens (including phenoxy) is 1. The molecule has 0 unspecified atom stereocenters. The van der Waals surface area contributed by atoms with E-state index in [-0.39, 0.29) is 0 Å². The number of benzene rings is 1. The first-order valence-corrected chi connectivity index (χ1v) is 6.49. The maximum Gasteiger partial charge on any atom is 0.132 e. The second kappa shape index (κ2) is 4.97. The zero-order valence-electron chi connectivity index (χ0n) is 10.9. The van der Waals surface area contributed by atoms with E-state index in [1.165, 1.54) is 0 Å². The fourth-order valence-corrected chi connectivity index (χ4v) is 2.37. The van der Waals surface area contributed by atoms with E-state index in [0.29, 0.717) is 12.0 Å². The van der Waals surface area contributed by atoms with Crippen LogP contribution in [0.3, 0.4) is 0 Å². The van der Waals surface area contributed by atoms with Crippen LogP contribution in [0.1, 0.15) is 24.6 Å². The lowest BCUT2D eigenvalue weighted by Crippen LogP contribution is -2.35. The van der Waals surface area contributed by atoms with E-state index in [1.807, 2.05) is 36.5 Å². The zero-order chi connectivity index (χ0) is 13.2. The van der Waals surface area contributed by atoms with Gasteiger partial charge in [-0.05, 0) is 43.2 Å². The van der Waals surface area contributed by atoms with Crippen molar-refractivity contribution in [1.82, 2.24) is 9.97 Å². The molecule has 0 spiro atoms. The van der Waals surface area contributed by atoms with Crippen LogP contribution in [0.5, 0.6) is 5.75 Å². The van der Waals surface area contributed by atoms with Crippen molar-refractivity contribution in [1.29, 1.82) is 0 Å². The molecule has 0 atom stereocenters. The largest absolute Gasteiger partial charge is 0.497 e. The van der Waals surface area contributed by atoms with Gasteiger partial charge in [-0.1, -0.05) is 0 Å². The highest BCUT2D eigenvalue weighted by molar-refractivity contribution is 5.59. The molecule has 1 aromatic carbocycles. The highest BCUT2D eigenvalue weighted by Crippen LogP contribution is 2.34. The summed E-state index contributed by atoms with van der Waals surface area (Å²) in [5, 5.41) is 0. The molecule has 19 heavy (non-hydrogen) atoms. The average Bonchev–Trinajstić information content (AvgIpc) is 2.44. The van der Waals surface area contributed by atoms with E-state index in [0.717, 1.165) is 35.7 Å². The number of rotatable bonds is 3. The highest BCUT2D eigenvalue weighted by Gasteiger charge is 2.29. The van der Waals surface area contributed by atoms with Crippen LogP contribution in [-0.2, 0) is 0 Å². The maximum absolute atomic E-state index is 5.82. The van der Waals surface area contributed by atoms with E-state index < -0.39 is 0 Å². The molecule has 0 radical (unpaired) electrons. The van der Waals surface area contributed by atoms with Crippen molar-refractivity contribution in [3.05, 3.63) is 42.4 Å². The molecule has 1 heterocycles. The second-order valence-electron chi connectivity index (χ2n) is 4.96. The topological polar surface area (TPSA) is 61.0 Å². The second-order valence-corrected chi connectivity index (χ2v) is 4.96. The Kier molecular flexibility index (Phi) is 3.17. The van der Waals surface area contributed by atoms with Crippen molar-refractivity contribution >= 4 is 0 Å². The quantitative estimate of drug-likeness (QED) is 0.914. The summed E-state index contributed by atoms with van der Waals surface area (Å²) in [6.45, 7) is 0. The fourth-order valence-electron chi connectivity index (χ4n) is 2.37. The van der Waals surface area contributed by atoms with Gasteiger partial charge in [-0.3, -0.25) is 0 Å². The number of nitrogens with two attached hydrogens (primary N) is 1. The summed E-state index contributed by atoms with van der Waals surface area (Å²) in [6.07, 6.45) is 3.81. The van der Waals surface area contributed by atoms with Gasteiger partial charge in [0.25, 0.3) is 0 Å². The molecule has 2 aromatic rings.